The van der Waals surface area contributed by atoms with Crippen LogP contribution in [0, 0.1) is 5.92 Å². The first-order chi connectivity index (χ1) is 8.00. The molecule has 0 saturated carbocycles. The van der Waals surface area contributed by atoms with Crippen molar-refractivity contribution >= 4 is 21.8 Å². The molecule has 3 heteroatoms. The van der Waals surface area contributed by atoms with Gasteiger partial charge in [0.05, 0.1) is 10.9 Å². The van der Waals surface area contributed by atoms with Crippen molar-refractivity contribution in [1.29, 1.82) is 0 Å². The van der Waals surface area contributed by atoms with Crippen LogP contribution >= 0.6 is 15.9 Å². The van der Waals surface area contributed by atoms with Crippen LogP contribution in [0.2, 0.25) is 0 Å². The van der Waals surface area contributed by atoms with Gasteiger partial charge in [-0.25, -0.2) is 0 Å². The van der Waals surface area contributed by atoms with Gasteiger partial charge in [-0.05, 0) is 24.8 Å². The van der Waals surface area contributed by atoms with Crippen LogP contribution < -0.4 is 5.32 Å². The van der Waals surface area contributed by atoms with E-state index in [9.17, 15) is 4.79 Å². The van der Waals surface area contributed by atoms with Gasteiger partial charge in [0.15, 0.2) is 0 Å². The number of halogens is 1. The smallest absolute Gasteiger partial charge is 0.234 e. The van der Waals surface area contributed by atoms with Gasteiger partial charge < -0.3 is 5.32 Å². The standard InChI is InChI=1S/C14H20BrNO/c1-10(2)9-13(15)14(17)16-11(3)12-7-5-4-6-8-12/h4-8,10-11,13H,9H2,1-3H3,(H,16,17). The van der Waals surface area contributed by atoms with Crippen LogP contribution in [-0.2, 0) is 4.79 Å². The molecule has 0 heterocycles. The number of carbonyl (C=O) groups is 1. The summed E-state index contributed by atoms with van der Waals surface area (Å²) in [6.45, 7) is 6.23. The molecular formula is C14H20BrNO. The van der Waals surface area contributed by atoms with Gasteiger partial charge in [0.2, 0.25) is 5.91 Å². The third kappa shape index (κ3) is 4.90. The van der Waals surface area contributed by atoms with Crippen molar-refractivity contribution < 1.29 is 4.79 Å². The number of hydrogen-bond donors (Lipinski definition) is 1. The molecule has 94 valence electrons. The largest absolute Gasteiger partial charge is 0.349 e. The SMILES string of the molecule is CC(C)CC(Br)C(=O)NC(C)c1ccccc1. The van der Waals surface area contributed by atoms with Gasteiger partial charge in [-0.15, -0.1) is 0 Å². The zero-order chi connectivity index (χ0) is 12.8. The van der Waals surface area contributed by atoms with E-state index in [2.05, 4.69) is 35.1 Å². The second-order valence-corrected chi connectivity index (χ2v) is 5.84. The summed E-state index contributed by atoms with van der Waals surface area (Å²) in [5, 5.41) is 3.02. The Hall–Kier alpha value is -0.830. The van der Waals surface area contributed by atoms with Gasteiger partial charge in [0.1, 0.15) is 0 Å². The van der Waals surface area contributed by atoms with E-state index < -0.39 is 0 Å². The Bertz CT molecular complexity index is 350. The molecule has 1 rings (SSSR count). The van der Waals surface area contributed by atoms with Gasteiger partial charge in [0.25, 0.3) is 0 Å². The molecule has 1 amide bonds. The summed E-state index contributed by atoms with van der Waals surface area (Å²) < 4.78 is 0. The van der Waals surface area contributed by atoms with E-state index in [0.29, 0.717) is 5.92 Å². The van der Waals surface area contributed by atoms with E-state index in [1.807, 2.05) is 37.3 Å². The van der Waals surface area contributed by atoms with E-state index >= 15 is 0 Å². The van der Waals surface area contributed by atoms with Crippen molar-refractivity contribution in [2.24, 2.45) is 5.92 Å². The summed E-state index contributed by atoms with van der Waals surface area (Å²) in [4.78, 5) is 11.8. The summed E-state index contributed by atoms with van der Waals surface area (Å²) in [6.07, 6.45) is 0.855. The van der Waals surface area contributed by atoms with Crippen LogP contribution in [0.4, 0.5) is 0 Å². The molecule has 1 aromatic rings. The molecule has 2 nitrogen and oxygen atoms in total. The van der Waals surface area contributed by atoms with Crippen LogP contribution in [0.3, 0.4) is 0 Å². The zero-order valence-electron chi connectivity index (χ0n) is 10.6. The Labute approximate surface area is 112 Å². The normalized spacial score (nSPS) is 14.4. The molecule has 0 saturated heterocycles. The van der Waals surface area contributed by atoms with E-state index in [4.69, 9.17) is 0 Å². The molecule has 0 spiro atoms. The number of alkyl halides is 1. The Morgan fingerprint density at radius 1 is 1.24 bits per heavy atom. The maximum absolute atomic E-state index is 11.9. The predicted octanol–water partition coefficient (Wildman–Crippen LogP) is 3.67. The van der Waals surface area contributed by atoms with Crippen molar-refractivity contribution in [3.05, 3.63) is 35.9 Å². The quantitative estimate of drug-likeness (QED) is 0.826. The molecule has 0 fully saturated rings. The lowest BCUT2D eigenvalue weighted by atomic mass is 10.1. The van der Waals surface area contributed by atoms with Gasteiger partial charge in [-0.3, -0.25) is 4.79 Å². The lowest BCUT2D eigenvalue weighted by molar-refractivity contribution is -0.121. The number of nitrogens with one attached hydrogen (secondary N) is 1. The average Bonchev–Trinajstić information content (AvgIpc) is 2.29. The topological polar surface area (TPSA) is 29.1 Å². The minimum atomic E-state index is -0.103. The lowest BCUT2D eigenvalue weighted by Gasteiger charge is -2.18. The Morgan fingerprint density at radius 3 is 2.35 bits per heavy atom. The number of amides is 1. The number of carbonyl (C=O) groups excluding carboxylic acids is 1. The molecule has 0 aromatic heterocycles. The molecule has 1 N–H and O–H groups in total. The fourth-order valence-electron chi connectivity index (χ4n) is 1.65. The first-order valence-electron chi connectivity index (χ1n) is 6.00. The van der Waals surface area contributed by atoms with Crippen LogP contribution in [0.1, 0.15) is 38.8 Å². The minimum Gasteiger partial charge on any atom is -0.349 e. The van der Waals surface area contributed by atoms with Gasteiger partial charge in [-0.2, -0.15) is 0 Å². The van der Waals surface area contributed by atoms with Crippen molar-refractivity contribution in [2.75, 3.05) is 0 Å². The summed E-state index contributed by atoms with van der Waals surface area (Å²) in [5.74, 6) is 0.576. The Morgan fingerprint density at radius 2 is 1.82 bits per heavy atom. The van der Waals surface area contributed by atoms with E-state index in [1.165, 1.54) is 0 Å². The first kappa shape index (κ1) is 14.2. The Balaban J connectivity index is 2.51. The van der Waals surface area contributed by atoms with Gasteiger partial charge in [0, 0.05) is 0 Å². The minimum absolute atomic E-state index is 0.0518. The van der Waals surface area contributed by atoms with E-state index in [-0.39, 0.29) is 16.8 Å². The monoisotopic (exact) mass is 297 g/mol. The highest BCUT2D eigenvalue weighted by molar-refractivity contribution is 9.10. The highest BCUT2D eigenvalue weighted by Gasteiger charge is 2.18. The van der Waals surface area contributed by atoms with E-state index in [0.717, 1.165) is 12.0 Å². The number of hydrogen-bond acceptors (Lipinski definition) is 1. The van der Waals surface area contributed by atoms with Crippen molar-refractivity contribution in [1.82, 2.24) is 5.32 Å². The number of benzene rings is 1. The fraction of sp³-hybridized carbons (Fsp3) is 0.500. The van der Waals surface area contributed by atoms with Crippen LogP contribution in [-0.4, -0.2) is 10.7 Å². The molecule has 2 unspecified atom stereocenters. The summed E-state index contributed by atoms with van der Waals surface area (Å²) in [5.41, 5.74) is 1.13. The van der Waals surface area contributed by atoms with Crippen molar-refractivity contribution in [3.8, 4) is 0 Å². The highest BCUT2D eigenvalue weighted by Crippen LogP contribution is 2.16. The highest BCUT2D eigenvalue weighted by atomic mass is 79.9. The molecule has 2 atom stereocenters. The second kappa shape index (κ2) is 6.80. The molecule has 0 bridgehead atoms. The van der Waals surface area contributed by atoms with Crippen molar-refractivity contribution in [2.45, 2.75) is 38.1 Å². The summed E-state index contributed by atoms with van der Waals surface area (Å²) in [7, 11) is 0. The molecule has 1 aromatic carbocycles. The first-order valence-corrected chi connectivity index (χ1v) is 6.91. The Kier molecular flexibility index (Phi) is 5.69. The third-order valence-electron chi connectivity index (χ3n) is 2.62. The van der Waals surface area contributed by atoms with E-state index in [1.54, 1.807) is 0 Å². The zero-order valence-corrected chi connectivity index (χ0v) is 12.2. The van der Waals surface area contributed by atoms with Crippen molar-refractivity contribution in [3.63, 3.8) is 0 Å². The van der Waals surface area contributed by atoms with Crippen LogP contribution in [0.5, 0.6) is 0 Å². The summed E-state index contributed by atoms with van der Waals surface area (Å²) in [6, 6.07) is 10.0. The maximum Gasteiger partial charge on any atom is 0.234 e. The predicted molar refractivity (Wildman–Crippen MR) is 75.2 cm³/mol. The number of rotatable bonds is 5. The molecule has 0 aliphatic heterocycles. The second-order valence-electron chi connectivity index (χ2n) is 4.74. The molecular weight excluding hydrogens is 278 g/mol. The van der Waals surface area contributed by atoms with Crippen LogP contribution in [0.15, 0.2) is 30.3 Å². The molecule has 0 aliphatic rings. The van der Waals surface area contributed by atoms with Gasteiger partial charge in [-0.1, -0.05) is 60.1 Å². The molecule has 0 aliphatic carbocycles. The summed E-state index contributed by atoms with van der Waals surface area (Å²) >= 11 is 3.43. The average molecular weight is 298 g/mol. The maximum atomic E-state index is 11.9. The molecule has 0 radical (unpaired) electrons. The van der Waals surface area contributed by atoms with Crippen LogP contribution in [0.25, 0.3) is 0 Å². The fourth-order valence-corrected chi connectivity index (χ4v) is 2.53. The van der Waals surface area contributed by atoms with Gasteiger partial charge >= 0.3 is 0 Å². The lowest BCUT2D eigenvalue weighted by Crippen LogP contribution is -2.33. The molecule has 17 heavy (non-hydrogen) atoms. The third-order valence-corrected chi connectivity index (χ3v) is 3.41.